The van der Waals surface area contributed by atoms with E-state index in [1.54, 1.807) is 66.7 Å². The molecule has 34 heavy (non-hydrogen) atoms. The number of sulfonamides is 1. The Bertz CT molecular complexity index is 1230. The highest BCUT2D eigenvalue weighted by molar-refractivity contribution is 7.92. The van der Waals surface area contributed by atoms with Crippen LogP contribution < -0.4 is 19.7 Å². The summed E-state index contributed by atoms with van der Waals surface area (Å²) in [6.07, 6.45) is 0.773. The van der Waals surface area contributed by atoms with Crippen molar-refractivity contribution < 1.29 is 22.7 Å². The minimum absolute atomic E-state index is 0.0179. The van der Waals surface area contributed by atoms with Crippen molar-refractivity contribution in [2.24, 2.45) is 0 Å². The molecule has 0 aliphatic rings. The van der Waals surface area contributed by atoms with E-state index in [-0.39, 0.29) is 10.8 Å². The third-order valence-corrected chi connectivity index (χ3v) is 6.75. The minimum Gasteiger partial charge on any atom is -0.497 e. The molecule has 2 amide bonds. The molecule has 8 nitrogen and oxygen atoms in total. The van der Waals surface area contributed by atoms with Crippen LogP contribution in [0.5, 0.6) is 5.75 Å². The minimum atomic E-state index is -4.07. The molecule has 3 aromatic carbocycles. The van der Waals surface area contributed by atoms with Gasteiger partial charge in [0.15, 0.2) is 0 Å². The molecule has 9 heteroatoms. The third kappa shape index (κ3) is 5.93. The van der Waals surface area contributed by atoms with Crippen LogP contribution in [0.2, 0.25) is 0 Å². The molecule has 0 bridgehead atoms. The fourth-order valence-electron chi connectivity index (χ4n) is 3.23. The van der Waals surface area contributed by atoms with Crippen molar-refractivity contribution in [2.45, 2.75) is 18.2 Å². The molecule has 0 atom stereocenters. The van der Waals surface area contributed by atoms with E-state index in [0.29, 0.717) is 29.2 Å². The zero-order chi connectivity index (χ0) is 24.6. The molecule has 0 aliphatic carbocycles. The van der Waals surface area contributed by atoms with E-state index in [1.807, 2.05) is 6.92 Å². The van der Waals surface area contributed by atoms with Crippen molar-refractivity contribution in [1.29, 1.82) is 0 Å². The van der Waals surface area contributed by atoms with E-state index >= 15 is 0 Å². The summed E-state index contributed by atoms with van der Waals surface area (Å²) >= 11 is 0. The monoisotopic (exact) mass is 481 g/mol. The number of benzene rings is 3. The van der Waals surface area contributed by atoms with Crippen LogP contribution >= 0.6 is 0 Å². The van der Waals surface area contributed by atoms with Gasteiger partial charge in [0.2, 0.25) is 5.91 Å². The van der Waals surface area contributed by atoms with Crippen LogP contribution in [0, 0.1) is 0 Å². The Morgan fingerprint density at radius 3 is 2.21 bits per heavy atom. The van der Waals surface area contributed by atoms with E-state index in [0.717, 1.165) is 10.7 Å². The summed E-state index contributed by atoms with van der Waals surface area (Å²) in [7, 11) is -2.58. The zero-order valence-corrected chi connectivity index (χ0v) is 19.8. The van der Waals surface area contributed by atoms with Gasteiger partial charge in [-0.15, -0.1) is 0 Å². The first-order valence-corrected chi connectivity index (χ1v) is 12.2. The first-order valence-electron chi connectivity index (χ1n) is 10.8. The lowest BCUT2D eigenvalue weighted by Gasteiger charge is -2.24. The van der Waals surface area contributed by atoms with Gasteiger partial charge < -0.3 is 15.4 Å². The Balaban J connectivity index is 1.88. The summed E-state index contributed by atoms with van der Waals surface area (Å²) in [5.41, 5.74) is 0.937. The normalized spacial score (nSPS) is 10.9. The Labute approximate surface area is 199 Å². The second-order valence-electron chi connectivity index (χ2n) is 7.37. The third-order valence-electron chi connectivity index (χ3n) is 4.96. The van der Waals surface area contributed by atoms with Crippen molar-refractivity contribution >= 4 is 33.2 Å². The molecule has 3 aromatic rings. The Morgan fingerprint density at radius 1 is 0.912 bits per heavy atom. The van der Waals surface area contributed by atoms with Crippen LogP contribution in [0.25, 0.3) is 0 Å². The summed E-state index contributed by atoms with van der Waals surface area (Å²) < 4.78 is 33.0. The van der Waals surface area contributed by atoms with Gasteiger partial charge in [0, 0.05) is 6.54 Å². The zero-order valence-electron chi connectivity index (χ0n) is 19.0. The van der Waals surface area contributed by atoms with Gasteiger partial charge in [-0.25, -0.2) is 8.42 Å². The van der Waals surface area contributed by atoms with Crippen LogP contribution in [-0.2, 0) is 14.8 Å². The molecule has 0 saturated carbocycles. The number of hydrogen-bond donors (Lipinski definition) is 2. The SMILES string of the molecule is CCCNC(=O)c1ccccc1NC(=O)CN(c1ccccc1)S(=O)(=O)c1ccc(OC)cc1. The molecule has 0 unspecified atom stereocenters. The van der Waals surface area contributed by atoms with Gasteiger partial charge in [-0.2, -0.15) is 0 Å². The lowest BCUT2D eigenvalue weighted by molar-refractivity contribution is -0.114. The largest absolute Gasteiger partial charge is 0.497 e. The predicted molar refractivity (Wildman–Crippen MR) is 132 cm³/mol. The van der Waals surface area contributed by atoms with Crippen LogP contribution in [-0.4, -0.2) is 40.4 Å². The Kier molecular flexibility index (Phi) is 8.26. The van der Waals surface area contributed by atoms with Gasteiger partial charge >= 0.3 is 0 Å². The number of para-hydroxylation sites is 2. The van der Waals surface area contributed by atoms with Crippen molar-refractivity contribution in [2.75, 3.05) is 29.8 Å². The molecule has 0 saturated heterocycles. The second kappa shape index (κ2) is 11.3. The maximum atomic E-state index is 13.5. The summed E-state index contributed by atoms with van der Waals surface area (Å²) in [5, 5.41) is 5.46. The maximum Gasteiger partial charge on any atom is 0.264 e. The standard InChI is InChI=1S/C25H27N3O5S/c1-3-17-26-25(30)22-11-7-8-12-23(22)27-24(29)18-28(19-9-5-4-6-10-19)34(31,32)21-15-13-20(33-2)14-16-21/h4-16H,3,17-18H2,1-2H3,(H,26,30)(H,27,29). The van der Waals surface area contributed by atoms with E-state index in [9.17, 15) is 18.0 Å². The van der Waals surface area contributed by atoms with Crippen LogP contribution in [0.15, 0.2) is 83.8 Å². The highest BCUT2D eigenvalue weighted by Crippen LogP contribution is 2.25. The number of nitrogens with zero attached hydrogens (tertiary/aromatic N) is 1. The van der Waals surface area contributed by atoms with Gasteiger partial charge in [-0.05, 0) is 55.0 Å². The van der Waals surface area contributed by atoms with Gasteiger partial charge in [0.05, 0.1) is 28.9 Å². The number of amides is 2. The smallest absolute Gasteiger partial charge is 0.264 e. The topological polar surface area (TPSA) is 105 Å². The number of nitrogens with one attached hydrogen (secondary N) is 2. The molecule has 0 radical (unpaired) electrons. The molecule has 0 heterocycles. The average Bonchev–Trinajstić information content (AvgIpc) is 2.86. The highest BCUT2D eigenvalue weighted by Gasteiger charge is 2.27. The van der Waals surface area contributed by atoms with Gasteiger partial charge in [-0.1, -0.05) is 37.3 Å². The van der Waals surface area contributed by atoms with E-state index < -0.39 is 22.5 Å². The van der Waals surface area contributed by atoms with E-state index in [1.165, 1.54) is 19.2 Å². The summed E-state index contributed by atoms with van der Waals surface area (Å²) in [6, 6.07) is 20.9. The molecular formula is C25H27N3O5S. The molecule has 0 spiro atoms. The van der Waals surface area contributed by atoms with E-state index in [2.05, 4.69) is 10.6 Å². The molecule has 0 aromatic heterocycles. The van der Waals surface area contributed by atoms with Gasteiger partial charge in [-0.3, -0.25) is 13.9 Å². The van der Waals surface area contributed by atoms with Gasteiger partial charge in [0.1, 0.15) is 12.3 Å². The number of methoxy groups -OCH3 is 1. The van der Waals surface area contributed by atoms with Crippen LogP contribution in [0.3, 0.4) is 0 Å². The molecule has 0 fully saturated rings. The van der Waals surface area contributed by atoms with Crippen molar-refractivity contribution in [3.05, 3.63) is 84.4 Å². The van der Waals surface area contributed by atoms with Gasteiger partial charge in [0.25, 0.3) is 15.9 Å². The average molecular weight is 482 g/mol. The molecule has 178 valence electrons. The first kappa shape index (κ1) is 24.8. The van der Waals surface area contributed by atoms with Crippen molar-refractivity contribution in [3.8, 4) is 5.75 Å². The fraction of sp³-hybridized carbons (Fsp3) is 0.200. The van der Waals surface area contributed by atoms with Crippen LogP contribution in [0.1, 0.15) is 23.7 Å². The number of carbonyl (C=O) groups is 2. The van der Waals surface area contributed by atoms with E-state index in [4.69, 9.17) is 4.74 Å². The van der Waals surface area contributed by atoms with Crippen molar-refractivity contribution in [1.82, 2.24) is 5.32 Å². The van der Waals surface area contributed by atoms with Crippen LogP contribution in [0.4, 0.5) is 11.4 Å². The Morgan fingerprint density at radius 2 is 1.56 bits per heavy atom. The second-order valence-corrected chi connectivity index (χ2v) is 9.23. The molecule has 3 rings (SSSR count). The number of rotatable bonds is 10. The highest BCUT2D eigenvalue weighted by atomic mass is 32.2. The fourth-order valence-corrected chi connectivity index (χ4v) is 4.65. The quantitative estimate of drug-likeness (QED) is 0.460. The lowest BCUT2D eigenvalue weighted by atomic mass is 10.1. The molecular weight excluding hydrogens is 454 g/mol. The first-order chi connectivity index (χ1) is 16.4. The summed E-state index contributed by atoms with van der Waals surface area (Å²) in [5.74, 6) is -0.388. The maximum absolute atomic E-state index is 13.5. The number of hydrogen-bond acceptors (Lipinski definition) is 5. The molecule has 0 aliphatic heterocycles. The Hall–Kier alpha value is -3.85. The molecule has 2 N–H and O–H groups in total. The summed E-state index contributed by atoms with van der Waals surface area (Å²) in [4.78, 5) is 25.5. The number of anilines is 2. The summed E-state index contributed by atoms with van der Waals surface area (Å²) in [6.45, 7) is 1.96. The number of ether oxygens (including phenoxy) is 1. The lowest BCUT2D eigenvalue weighted by Crippen LogP contribution is -2.38. The predicted octanol–water partition coefficient (Wildman–Crippen LogP) is 3.67. The number of carbonyl (C=O) groups excluding carboxylic acids is 2. The van der Waals surface area contributed by atoms with Crippen molar-refractivity contribution in [3.63, 3.8) is 0 Å².